The standard InChI is InChI=1S/C29H38N2O4S/c1-2-21-13-14-22(21)8-4-6-12-28(32)31-36(33,34)24-15-16-27-26(18-24)30-19-29(20-35-27)17-7-10-23-9-3-5-11-25(23)29/h3,5,9,11,15-16,18,21-22,30H,2,4,6-8,10,12-14,17,19-20H2,1H3,(H,31,32). The molecular formula is C29H38N2O4S. The molecule has 3 atom stereocenters. The summed E-state index contributed by atoms with van der Waals surface area (Å²) in [5, 5.41) is 3.46. The Bertz CT molecular complexity index is 1210. The molecule has 6 nitrogen and oxygen atoms in total. The van der Waals surface area contributed by atoms with Gasteiger partial charge in [0.25, 0.3) is 10.0 Å². The first-order valence-corrected chi connectivity index (χ1v) is 15.0. The minimum atomic E-state index is -3.94. The topological polar surface area (TPSA) is 84.5 Å². The number of carbonyl (C=O) groups excluding carboxylic acids is 1. The van der Waals surface area contributed by atoms with Crippen molar-refractivity contribution in [3.05, 3.63) is 53.6 Å². The fourth-order valence-electron chi connectivity index (χ4n) is 6.32. The Morgan fingerprint density at radius 2 is 1.97 bits per heavy atom. The summed E-state index contributed by atoms with van der Waals surface area (Å²) in [6, 6.07) is 13.3. The summed E-state index contributed by atoms with van der Waals surface area (Å²) in [5.74, 6) is 1.83. The summed E-state index contributed by atoms with van der Waals surface area (Å²) in [6.07, 6.45) is 10.1. The minimum absolute atomic E-state index is 0.0750. The molecule has 0 bridgehead atoms. The van der Waals surface area contributed by atoms with Crippen LogP contribution >= 0.6 is 0 Å². The third-order valence-corrected chi connectivity index (χ3v) is 10.0. The first-order chi connectivity index (χ1) is 17.4. The number of sulfonamides is 1. The molecule has 36 heavy (non-hydrogen) atoms. The van der Waals surface area contributed by atoms with Gasteiger partial charge >= 0.3 is 0 Å². The highest BCUT2D eigenvalue weighted by atomic mass is 32.2. The molecule has 1 saturated carbocycles. The number of amides is 1. The lowest BCUT2D eigenvalue weighted by molar-refractivity contribution is -0.119. The second-order valence-corrected chi connectivity index (χ2v) is 12.6. The SMILES string of the molecule is CCC1CCC1CCCCC(=O)NS(=O)(=O)c1ccc2c(c1)NCC1(CCCc3ccccc31)CO2. The van der Waals surface area contributed by atoms with Crippen molar-refractivity contribution in [1.82, 2.24) is 4.72 Å². The molecule has 0 radical (unpaired) electrons. The molecule has 5 rings (SSSR count). The van der Waals surface area contributed by atoms with Crippen LogP contribution < -0.4 is 14.8 Å². The van der Waals surface area contributed by atoms with Crippen molar-refractivity contribution in [2.75, 3.05) is 18.5 Å². The van der Waals surface area contributed by atoms with Crippen LogP contribution in [0.25, 0.3) is 0 Å². The highest BCUT2D eigenvalue weighted by Gasteiger charge is 2.39. The molecule has 0 saturated heterocycles. The van der Waals surface area contributed by atoms with Gasteiger partial charge in [-0.05, 0) is 79.7 Å². The van der Waals surface area contributed by atoms with Crippen molar-refractivity contribution in [2.24, 2.45) is 11.8 Å². The van der Waals surface area contributed by atoms with Gasteiger partial charge in [-0.25, -0.2) is 13.1 Å². The molecule has 2 aliphatic carbocycles. The molecule has 194 valence electrons. The summed E-state index contributed by atoms with van der Waals surface area (Å²) in [5.41, 5.74) is 3.19. The van der Waals surface area contributed by atoms with Gasteiger partial charge in [0.1, 0.15) is 5.75 Å². The van der Waals surface area contributed by atoms with Crippen molar-refractivity contribution >= 4 is 21.6 Å². The molecule has 1 aliphatic heterocycles. The smallest absolute Gasteiger partial charge is 0.264 e. The molecule has 0 aromatic heterocycles. The molecule has 1 fully saturated rings. The van der Waals surface area contributed by atoms with E-state index in [9.17, 15) is 13.2 Å². The Hall–Kier alpha value is -2.54. The van der Waals surface area contributed by atoms with E-state index < -0.39 is 15.9 Å². The van der Waals surface area contributed by atoms with Crippen LogP contribution in [-0.4, -0.2) is 27.5 Å². The highest BCUT2D eigenvalue weighted by molar-refractivity contribution is 7.90. The largest absolute Gasteiger partial charge is 0.490 e. The van der Waals surface area contributed by atoms with Crippen molar-refractivity contribution in [3.63, 3.8) is 0 Å². The maximum absolute atomic E-state index is 13.0. The summed E-state index contributed by atoms with van der Waals surface area (Å²) in [7, 11) is -3.94. The molecule has 2 aromatic carbocycles. The third-order valence-electron chi connectivity index (χ3n) is 8.65. The minimum Gasteiger partial charge on any atom is -0.490 e. The summed E-state index contributed by atoms with van der Waals surface area (Å²) < 4.78 is 34.4. The van der Waals surface area contributed by atoms with E-state index in [4.69, 9.17) is 4.74 Å². The normalized spacial score (nSPS) is 24.9. The Kier molecular flexibility index (Phi) is 7.29. The number of benzene rings is 2. The molecule has 7 heteroatoms. The van der Waals surface area contributed by atoms with E-state index in [0.717, 1.165) is 50.4 Å². The summed E-state index contributed by atoms with van der Waals surface area (Å²) in [6.45, 7) is 3.46. The zero-order valence-corrected chi connectivity index (χ0v) is 22.0. The number of hydrogen-bond donors (Lipinski definition) is 2. The van der Waals surface area contributed by atoms with Gasteiger partial charge in [0.2, 0.25) is 5.91 Å². The fourth-order valence-corrected chi connectivity index (χ4v) is 7.36. The number of rotatable bonds is 8. The molecule has 1 spiro atoms. The van der Waals surface area contributed by atoms with Crippen LogP contribution in [0.3, 0.4) is 0 Å². The van der Waals surface area contributed by atoms with Crippen LogP contribution in [0.2, 0.25) is 0 Å². The van der Waals surface area contributed by atoms with Crippen molar-refractivity contribution in [3.8, 4) is 5.75 Å². The van der Waals surface area contributed by atoms with Crippen LogP contribution in [0.15, 0.2) is 47.4 Å². The van der Waals surface area contributed by atoms with Crippen LogP contribution in [0.1, 0.15) is 75.8 Å². The van der Waals surface area contributed by atoms with E-state index in [-0.39, 0.29) is 16.7 Å². The van der Waals surface area contributed by atoms with Gasteiger partial charge in [-0.3, -0.25) is 4.79 Å². The van der Waals surface area contributed by atoms with E-state index in [1.54, 1.807) is 12.1 Å². The monoisotopic (exact) mass is 510 g/mol. The zero-order valence-electron chi connectivity index (χ0n) is 21.2. The highest BCUT2D eigenvalue weighted by Crippen LogP contribution is 2.42. The van der Waals surface area contributed by atoms with Gasteiger partial charge < -0.3 is 10.1 Å². The van der Waals surface area contributed by atoms with E-state index >= 15 is 0 Å². The fraction of sp³-hybridized carbons (Fsp3) is 0.552. The number of hydrogen-bond acceptors (Lipinski definition) is 5. The van der Waals surface area contributed by atoms with Gasteiger partial charge in [0.05, 0.1) is 17.2 Å². The summed E-state index contributed by atoms with van der Waals surface area (Å²) in [4.78, 5) is 12.5. The predicted molar refractivity (Wildman–Crippen MR) is 142 cm³/mol. The molecule has 3 unspecified atom stereocenters. The van der Waals surface area contributed by atoms with Crippen molar-refractivity contribution in [1.29, 1.82) is 0 Å². The Labute approximate surface area is 215 Å². The number of fused-ring (bicyclic) bond motifs is 3. The summed E-state index contributed by atoms with van der Waals surface area (Å²) >= 11 is 0. The average molecular weight is 511 g/mol. The molecule has 2 aromatic rings. The maximum Gasteiger partial charge on any atom is 0.264 e. The molecule has 1 heterocycles. The van der Waals surface area contributed by atoms with Gasteiger partial charge in [-0.15, -0.1) is 0 Å². The lowest BCUT2D eigenvalue weighted by atomic mass is 9.70. The second-order valence-electron chi connectivity index (χ2n) is 10.9. The van der Waals surface area contributed by atoms with Gasteiger partial charge in [0.15, 0.2) is 0 Å². The van der Waals surface area contributed by atoms with Gasteiger partial charge in [-0.2, -0.15) is 0 Å². The van der Waals surface area contributed by atoms with E-state index in [2.05, 4.69) is 41.2 Å². The van der Waals surface area contributed by atoms with E-state index in [0.29, 0.717) is 24.6 Å². The Morgan fingerprint density at radius 1 is 1.14 bits per heavy atom. The molecular weight excluding hydrogens is 472 g/mol. The Balaban J connectivity index is 1.20. The number of anilines is 1. The Morgan fingerprint density at radius 3 is 2.78 bits per heavy atom. The van der Waals surface area contributed by atoms with Crippen LogP contribution in [-0.2, 0) is 26.7 Å². The van der Waals surface area contributed by atoms with E-state index in [1.165, 1.54) is 36.5 Å². The van der Waals surface area contributed by atoms with Crippen LogP contribution in [0, 0.1) is 11.8 Å². The molecule has 2 N–H and O–H groups in total. The first-order valence-electron chi connectivity index (χ1n) is 13.5. The van der Waals surface area contributed by atoms with Crippen molar-refractivity contribution in [2.45, 2.75) is 81.4 Å². The van der Waals surface area contributed by atoms with Gasteiger partial charge in [0, 0.05) is 18.4 Å². The lowest BCUT2D eigenvalue weighted by Gasteiger charge is -2.37. The maximum atomic E-state index is 13.0. The third kappa shape index (κ3) is 5.13. The second kappa shape index (κ2) is 10.4. The number of aryl methyl sites for hydroxylation is 1. The first kappa shape index (κ1) is 25.1. The zero-order chi connectivity index (χ0) is 25.2. The lowest BCUT2D eigenvalue weighted by Crippen LogP contribution is -2.41. The number of ether oxygens (including phenoxy) is 1. The number of nitrogens with one attached hydrogen (secondary N) is 2. The predicted octanol–water partition coefficient (Wildman–Crippen LogP) is 5.57. The molecule has 1 amide bonds. The number of carbonyl (C=O) groups is 1. The number of unbranched alkanes of at least 4 members (excludes halogenated alkanes) is 1. The average Bonchev–Trinajstić information content (AvgIpc) is 3.03. The van der Waals surface area contributed by atoms with Crippen LogP contribution in [0.4, 0.5) is 5.69 Å². The van der Waals surface area contributed by atoms with Gasteiger partial charge in [-0.1, -0.05) is 50.5 Å². The molecule has 3 aliphatic rings. The van der Waals surface area contributed by atoms with E-state index in [1.807, 2.05) is 0 Å². The van der Waals surface area contributed by atoms with Crippen LogP contribution in [0.5, 0.6) is 5.75 Å². The quantitative estimate of drug-likeness (QED) is 0.454. The van der Waals surface area contributed by atoms with Crippen molar-refractivity contribution < 1.29 is 17.9 Å².